The number of hydrogen-bond donors (Lipinski definition) is 1. The van der Waals surface area contributed by atoms with Gasteiger partial charge in [0.1, 0.15) is 0 Å². The first-order valence-corrected chi connectivity index (χ1v) is 7.83. The zero-order valence-electron chi connectivity index (χ0n) is 11.1. The summed E-state index contributed by atoms with van der Waals surface area (Å²) in [6.45, 7) is 0. The van der Waals surface area contributed by atoms with E-state index in [0.29, 0.717) is 22.3 Å². The fraction of sp³-hybridized carbons (Fsp3) is 0.125. The molecule has 0 aliphatic carbocycles. The third-order valence-electron chi connectivity index (χ3n) is 3.11. The van der Waals surface area contributed by atoms with Crippen LogP contribution in [0.2, 0.25) is 5.02 Å². The summed E-state index contributed by atoms with van der Waals surface area (Å²) >= 11 is 7.52. The second-order valence-electron chi connectivity index (χ2n) is 4.65. The van der Waals surface area contributed by atoms with Crippen LogP contribution in [0.4, 0.5) is 5.69 Å². The van der Waals surface area contributed by atoms with Gasteiger partial charge >= 0.3 is 0 Å². The van der Waals surface area contributed by atoms with Crippen LogP contribution in [0.5, 0.6) is 0 Å². The summed E-state index contributed by atoms with van der Waals surface area (Å²) < 4.78 is 0. The molecule has 1 heterocycles. The van der Waals surface area contributed by atoms with Gasteiger partial charge in [-0.05, 0) is 24.1 Å². The molecular weight excluding hydrogens is 304 g/mol. The molecule has 1 aliphatic rings. The zero-order chi connectivity index (χ0) is 14.7. The number of aliphatic imine (C=N–C) groups is 1. The minimum atomic E-state index is -0.145. The van der Waals surface area contributed by atoms with Gasteiger partial charge in [-0.2, -0.15) is 0 Å². The van der Waals surface area contributed by atoms with Crippen LogP contribution in [-0.2, 0) is 11.2 Å². The van der Waals surface area contributed by atoms with E-state index in [2.05, 4.69) is 10.3 Å². The number of amidine groups is 1. The molecule has 1 unspecified atom stereocenters. The predicted octanol–water partition coefficient (Wildman–Crippen LogP) is 3.80. The Morgan fingerprint density at radius 2 is 1.81 bits per heavy atom. The number of amides is 1. The minimum absolute atomic E-state index is 0.00495. The monoisotopic (exact) mass is 316 g/mol. The van der Waals surface area contributed by atoms with Crippen molar-refractivity contribution in [2.75, 3.05) is 0 Å². The fourth-order valence-electron chi connectivity index (χ4n) is 2.07. The van der Waals surface area contributed by atoms with Crippen molar-refractivity contribution in [1.29, 1.82) is 0 Å². The maximum atomic E-state index is 12.0. The molecule has 1 atom stereocenters. The summed E-state index contributed by atoms with van der Waals surface area (Å²) in [6.07, 6.45) is 0.693. The number of para-hydroxylation sites is 1. The van der Waals surface area contributed by atoms with Gasteiger partial charge in [0, 0.05) is 0 Å². The summed E-state index contributed by atoms with van der Waals surface area (Å²) in [6, 6.07) is 17.3. The van der Waals surface area contributed by atoms with E-state index in [1.165, 1.54) is 11.8 Å². The first kappa shape index (κ1) is 14.2. The number of rotatable bonds is 3. The lowest BCUT2D eigenvalue weighted by atomic mass is 10.1. The molecule has 1 saturated heterocycles. The number of benzene rings is 2. The van der Waals surface area contributed by atoms with E-state index in [4.69, 9.17) is 11.6 Å². The van der Waals surface area contributed by atoms with E-state index in [1.807, 2.05) is 48.5 Å². The van der Waals surface area contributed by atoms with Gasteiger partial charge < -0.3 is 5.32 Å². The Balaban J connectivity index is 1.74. The second kappa shape index (κ2) is 6.33. The van der Waals surface area contributed by atoms with Crippen molar-refractivity contribution in [3.8, 4) is 0 Å². The van der Waals surface area contributed by atoms with Crippen LogP contribution in [-0.4, -0.2) is 16.3 Å². The minimum Gasteiger partial charge on any atom is -0.304 e. The van der Waals surface area contributed by atoms with Crippen LogP contribution >= 0.6 is 23.4 Å². The van der Waals surface area contributed by atoms with E-state index < -0.39 is 0 Å². The topological polar surface area (TPSA) is 41.5 Å². The zero-order valence-corrected chi connectivity index (χ0v) is 12.7. The van der Waals surface area contributed by atoms with Crippen molar-refractivity contribution >= 4 is 40.1 Å². The van der Waals surface area contributed by atoms with Crippen molar-refractivity contribution in [2.45, 2.75) is 11.7 Å². The van der Waals surface area contributed by atoms with Gasteiger partial charge in [0.25, 0.3) is 0 Å². The molecule has 2 aromatic rings. The summed E-state index contributed by atoms with van der Waals surface area (Å²) in [5.74, 6) is -0.00495. The molecule has 106 valence electrons. The van der Waals surface area contributed by atoms with E-state index in [9.17, 15) is 4.79 Å². The fourth-order valence-corrected chi connectivity index (χ4v) is 3.27. The molecule has 2 aromatic carbocycles. The molecule has 0 saturated carbocycles. The van der Waals surface area contributed by atoms with Gasteiger partial charge in [0.05, 0.1) is 16.0 Å². The van der Waals surface area contributed by atoms with E-state index in [1.54, 1.807) is 6.07 Å². The molecule has 0 bridgehead atoms. The Morgan fingerprint density at radius 1 is 1.10 bits per heavy atom. The van der Waals surface area contributed by atoms with Crippen LogP contribution in [0.3, 0.4) is 0 Å². The van der Waals surface area contributed by atoms with Crippen molar-refractivity contribution in [3.63, 3.8) is 0 Å². The molecule has 3 nitrogen and oxygen atoms in total. The lowest BCUT2D eigenvalue weighted by Crippen LogP contribution is -2.25. The molecule has 21 heavy (non-hydrogen) atoms. The van der Waals surface area contributed by atoms with Gasteiger partial charge in [0.2, 0.25) is 5.91 Å². The van der Waals surface area contributed by atoms with Crippen LogP contribution < -0.4 is 5.32 Å². The van der Waals surface area contributed by atoms with Gasteiger partial charge in [-0.1, -0.05) is 65.8 Å². The van der Waals surface area contributed by atoms with Gasteiger partial charge in [0.15, 0.2) is 5.17 Å². The number of nitrogens with one attached hydrogen (secondary N) is 1. The summed E-state index contributed by atoms with van der Waals surface area (Å²) in [7, 11) is 0. The standard InChI is InChI=1S/C16H13ClN2OS/c17-12-8-4-5-9-13(12)18-16-19-15(20)14(21-16)10-11-6-2-1-3-7-11/h1-9,14H,10H2,(H,18,19,20). The number of halogens is 1. The quantitative estimate of drug-likeness (QED) is 0.935. The summed E-state index contributed by atoms with van der Waals surface area (Å²) in [5.41, 5.74) is 1.81. The van der Waals surface area contributed by atoms with Gasteiger partial charge in [-0.15, -0.1) is 0 Å². The highest BCUT2D eigenvalue weighted by atomic mass is 35.5. The lowest BCUT2D eigenvalue weighted by molar-refractivity contribution is -0.118. The Hall–Kier alpha value is -1.78. The Morgan fingerprint density at radius 3 is 2.57 bits per heavy atom. The molecule has 1 amide bonds. The highest BCUT2D eigenvalue weighted by Gasteiger charge is 2.30. The largest absolute Gasteiger partial charge is 0.304 e. The van der Waals surface area contributed by atoms with E-state index >= 15 is 0 Å². The maximum absolute atomic E-state index is 12.0. The average molecular weight is 317 g/mol. The van der Waals surface area contributed by atoms with Crippen molar-refractivity contribution in [2.24, 2.45) is 4.99 Å². The Kier molecular flexibility index (Phi) is 4.27. The Bertz CT molecular complexity index is 688. The SMILES string of the molecule is O=C1NC(=Nc2ccccc2Cl)SC1Cc1ccccc1. The summed E-state index contributed by atoms with van der Waals surface area (Å²) in [5, 5.41) is 3.85. The van der Waals surface area contributed by atoms with Gasteiger partial charge in [-0.25, -0.2) is 4.99 Å². The first-order chi connectivity index (χ1) is 10.2. The maximum Gasteiger partial charge on any atom is 0.239 e. The van der Waals surface area contributed by atoms with Crippen molar-refractivity contribution < 1.29 is 4.79 Å². The Labute approximate surface area is 132 Å². The predicted molar refractivity (Wildman–Crippen MR) is 88.2 cm³/mol. The first-order valence-electron chi connectivity index (χ1n) is 6.57. The number of carbonyl (C=O) groups excluding carboxylic acids is 1. The number of hydrogen-bond acceptors (Lipinski definition) is 3. The molecule has 1 fully saturated rings. The molecule has 3 rings (SSSR count). The number of thioether (sulfide) groups is 1. The number of carbonyl (C=O) groups is 1. The van der Waals surface area contributed by atoms with E-state index in [0.717, 1.165) is 5.56 Å². The molecule has 0 aromatic heterocycles. The smallest absolute Gasteiger partial charge is 0.239 e. The lowest BCUT2D eigenvalue weighted by Gasteiger charge is -2.04. The normalized spacial score (nSPS) is 19.8. The highest BCUT2D eigenvalue weighted by molar-refractivity contribution is 8.15. The molecule has 1 N–H and O–H groups in total. The molecule has 1 aliphatic heterocycles. The van der Waals surface area contributed by atoms with Crippen LogP contribution in [0.25, 0.3) is 0 Å². The van der Waals surface area contributed by atoms with Crippen LogP contribution in [0, 0.1) is 0 Å². The van der Waals surface area contributed by atoms with Crippen molar-refractivity contribution in [1.82, 2.24) is 5.32 Å². The van der Waals surface area contributed by atoms with Crippen molar-refractivity contribution in [3.05, 3.63) is 65.2 Å². The number of nitrogens with zero attached hydrogens (tertiary/aromatic N) is 1. The third-order valence-corrected chi connectivity index (χ3v) is 4.52. The molecule has 0 radical (unpaired) electrons. The van der Waals surface area contributed by atoms with Gasteiger partial charge in [-0.3, -0.25) is 4.79 Å². The molecular formula is C16H13ClN2OS. The van der Waals surface area contributed by atoms with E-state index in [-0.39, 0.29) is 11.2 Å². The molecule has 5 heteroatoms. The van der Waals surface area contributed by atoms with Crippen LogP contribution in [0.1, 0.15) is 5.56 Å². The highest BCUT2D eigenvalue weighted by Crippen LogP contribution is 2.29. The second-order valence-corrected chi connectivity index (χ2v) is 6.25. The summed E-state index contributed by atoms with van der Waals surface area (Å²) in [4.78, 5) is 16.4. The molecule has 0 spiro atoms. The van der Waals surface area contributed by atoms with Crippen LogP contribution in [0.15, 0.2) is 59.6 Å². The third kappa shape index (κ3) is 3.46. The average Bonchev–Trinajstić information content (AvgIpc) is 2.82.